The highest BCUT2D eigenvalue weighted by molar-refractivity contribution is 6.33. The minimum atomic E-state index is -0.309. The molecule has 0 fully saturated rings. The largest absolute Gasteiger partial charge is 0.493 e. The Morgan fingerprint density at radius 1 is 1.16 bits per heavy atom. The number of halogens is 1. The number of ether oxygens (including phenoxy) is 1. The van der Waals surface area contributed by atoms with Gasteiger partial charge in [-0.2, -0.15) is 5.10 Å². The van der Waals surface area contributed by atoms with Crippen LogP contribution in [0, 0.1) is 0 Å². The fourth-order valence-electron chi connectivity index (χ4n) is 2.44. The van der Waals surface area contributed by atoms with E-state index >= 15 is 0 Å². The Bertz CT molecular complexity index is 862. The third-order valence-corrected chi connectivity index (χ3v) is 3.84. The van der Waals surface area contributed by atoms with Crippen LogP contribution in [0.15, 0.2) is 60.8 Å². The molecule has 0 saturated heterocycles. The molecule has 1 aromatic heterocycles. The van der Waals surface area contributed by atoms with Gasteiger partial charge in [0.15, 0.2) is 5.82 Å². The van der Waals surface area contributed by atoms with Crippen molar-refractivity contribution in [2.45, 2.75) is 13.5 Å². The van der Waals surface area contributed by atoms with Crippen molar-refractivity contribution in [1.82, 2.24) is 9.78 Å². The second kappa shape index (κ2) is 7.85. The van der Waals surface area contributed by atoms with Crippen LogP contribution < -0.4 is 10.1 Å². The topological polar surface area (TPSA) is 56.1 Å². The first-order valence-electron chi connectivity index (χ1n) is 7.97. The average Bonchev–Trinajstić information content (AvgIpc) is 2.95. The van der Waals surface area contributed by atoms with E-state index in [4.69, 9.17) is 16.3 Å². The molecule has 0 spiro atoms. The molecular formula is C19H18ClN3O2. The molecule has 128 valence electrons. The molecule has 3 rings (SSSR count). The molecule has 25 heavy (non-hydrogen) atoms. The summed E-state index contributed by atoms with van der Waals surface area (Å²) in [5, 5.41) is 7.49. The third kappa shape index (κ3) is 4.19. The number of hydrogen-bond acceptors (Lipinski definition) is 3. The quantitative estimate of drug-likeness (QED) is 0.719. The molecule has 0 bridgehead atoms. The van der Waals surface area contributed by atoms with Crippen molar-refractivity contribution in [1.29, 1.82) is 0 Å². The monoisotopic (exact) mass is 355 g/mol. The summed E-state index contributed by atoms with van der Waals surface area (Å²) in [5.41, 5.74) is 1.54. The number of carbonyl (C=O) groups excluding carboxylic acids is 1. The van der Waals surface area contributed by atoms with Crippen LogP contribution in [-0.4, -0.2) is 22.3 Å². The molecule has 0 saturated carbocycles. The molecule has 5 nitrogen and oxygen atoms in total. The lowest BCUT2D eigenvalue weighted by Gasteiger charge is -2.09. The molecule has 0 unspecified atom stereocenters. The maximum atomic E-state index is 12.5. The second-order valence-electron chi connectivity index (χ2n) is 5.39. The first-order chi connectivity index (χ1) is 12.2. The van der Waals surface area contributed by atoms with E-state index in [9.17, 15) is 4.79 Å². The van der Waals surface area contributed by atoms with E-state index in [0.29, 0.717) is 35.3 Å². The fraction of sp³-hybridized carbons (Fsp3) is 0.158. The van der Waals surface area contributed by atoms with E-state index in [0.717, 1.165) is 5.56 Å². The van der Waals surface area contributed by atoms with Gasteiger partial charge in [0.25, 0.3) is 5.91 Å². The SMILES string of the molecule is CCOc1ccccc1C(=O)Nc1nn(Cc2ccccc2)cc1Cl. The average molecular weight is 356 g/mol. The van der Waals surface area contributed by atoms with Gasteiger partial charge < -0.3 is 10.1 Å². The summed E-state index contributed by atoms with van der Waals surface area (Å²) < 4.78 is 7.19. The van der Waals surface area contributed by atoms with Gasteiger partial charge in [-0.05, 0) is 24.6 Å². The normalized spacial score (nSPS) is 10.5. The van der Waals surface area contributed by atoms with Gasteiger partial charge in [0.1, 0.15) is 10.8 Å². The van der Waals surface area contributed by atoms with Crippen LogP contribution in [0.2, 0.25) is 5.02 Å². The number of nitrogens with one attached hydrogen (secondary N) is 1. The fourth-order valence-corrected chi connectivity index (χ4v) is 2.64. The van der Waals surface area contributed by atoms with Crippen molar-refractivity contribution in [3.05, 3.63) is 76.9 Å². The van der Waals surface area contributed by atoms with Crippen molar-refractivity contribution in [2.24, 2.45) is 0 Å². The van der Waals surface area contributed by atoms with E-state index in [1.165, 1.54) is 0 Å². The molecule has 0 atom stereocenters. The van der Waals surface area contributed by atoms with E-state index in [2.05, 4.69) is 10.4 Å². The van der Waals surface area contributed by atoms with Crippen LogP contribution in [0.25, 0.3) is 0 Å². The Hall–Kier alpha value is -2.79. The zero-order chi connectivity index (χ0) is 17.6. The molecule has 0 aliphatic carbocycles. The molecule has 0 aliphatic heterocycles. The first-order valence-corrected chi connectivity index (χ1v) is 8.35. The molecule has 1 amide bonds. The summed E-state index contributed by atoms with van der Waals surface area (Å²) in [6, 6.07) is 17.0. The van der Waals surface area contributed by atoms with Gasteiger partial charge in [-0.3, -0.25) is 9.48 Å². The number of carbonyl (C=O) groups is 1. The van der Waals surface area contributed by atoms with Gasteiger partial charge in [0.2, 0.25) is 0 Å². The molecular weight excluding hydrogens is 338 g/mol. The lowest BCUT2D eigenvalue weighted by molar-refractivity contribution is 0.102. The number of hydrogen-bond donors (Lipinski definition) is 1. The van der Waals surface area contributed by atoms with E-state index in [1.54, 1.807) is 29.1 Å². The highest BCUT2D eigenvalue weighted by atomic mass is 35.5. The number of amides is 1. The van der Waals surface area contributed by atoms with E-state index < -0.39 is 0 Å². The molecule has 2 aromatic carbocycles. The van der Waals surface area contributed by atoms with Crippen LogP contribution >= 0.6 is 11.6 Å². The summed E-state index contributed by atoms with van der Waals surface area (Å²) in [6.07, 6.45) is 1.69. The van der Waals surface area contributed by atoms with Crippen LogP contribution in [0.3, 0.4) is 0 Å². The highest BCUT2D eigenvalue weighted by Gasteiger charge is 2.16. The van der Waals surface area contributed by atoms with Crippen molar-refractivity contribution in [3.63, 3.8) is 0 Å². The van der Waals surface area contributed by atoms with Crippen LogP contribution in [0.4, 0.5) is 5.82 Å². The number of rotatable bonds is 6. The van der Waals surface area contributed by atoms with Crippen LogP contribution in [-0.2, 0) is 6.54 Å². The minimum Gasteiger partial charge on any atom is -0.493 e. The zero-order valence-electron chi connectivity index (χ0n) is 13.8. The maximum absolute atomic E-state index is 12.5. The van der Waals surface area contributed by atoms with E-state index in [-0.39, 0.29) is 5.91 Å². The van der Waals surface area contributed by atoms with Crippen LogP contribution in [0.1, 0.15) is 22.8 Å². The Morgan fingerprint density at radius 2 is 1.88 bits per heavy atom. The standard InChI is InChI=1S/C19H18ClN3O2/c1-2-25-17-11-7-6-10-15(17)19(24)21-18-16(20)13-23(22-18)12-14-8-4-3-5-9-14/h3-11,13H,2,12H2,1H3,(H,21,22,24). The Kier molecular flexibility index (Phi) is 5.36. The first kappa shape index (κ1) is 17.0. The Balaban J connectivity index is 1.76. The molecule has 0 radical (unpaired) electrons. The molecule has 0 aliphatic rings. The van der Waals surface area contributed by atoms with Gasteiger partial charge in [-0.1, -0.05) is 54.1 Å². The van der Waals surface area contributed by atoms with Crippen LogP contribution in [0.5, 0.6) is 5.75 Å². The van der Waals surface area contributed by atoms with Gasteiger partial charge in [-0.15, -0.1) is 0 Å². The van der Waals surface area contributed by atoms with Gasteiger partial charge in [-0.25, -0.2) is 0 Å². The predicted molar refractivity (Wildman–Crippen MR) is 98.3 cm³/mol. The highest BCUT2D eigenvalue weighted by Crippen LogP contribution is 2.23. The predicted octanol–water partition coefficient (Wildman–Crippen LogP) is 4.24. The third-order valence-electron chi connectivity index (χ3n) is 3.57. The van der Waals surface area contributed by atoms with E-state index in [1.807, 2.05) is 43.3 Å². The lowest BCUT2D eigenvalue weighted by atomic mass is 10.2. The number of aromatic nitrogens is 2. The number of benzene rings is 2. The number of para-hydroxylation sites is 1. The smallest absolute Gasteiger partial charge is 0.260 e. The molecule has 6 heteroatoms. The summed E-state index contributed by atoms with van der Waals surface area (Å²) >= 11 is 6.21. The Labute approximate surface area is 151 Å². The summed E-state index contributed by atoms with van der Waals surface area (Å²) in [7, 11) is 0. The molecule has 1 heterocycles. The van der Waals surface area contributed by atoms with Gasteiger partial charge in [0, 0.05) is 6.20 Å². The number of nitrogens with zero attached hydrogens (tertiary/aromatic N) is 2. The second-order valence-corrected chi connectivity index (χ2v) is 5.80. The van der Waals surface area contributed by atoms with Crippen molar-refractivity contribution < 1.29 is 9.53 Å². The summed E-state index contributed by atoms with van der Waals surface area (Å²) in [6.45, 7) is 2.93. The Morgan fingerprint density at radius 3 is 2.64 bits per heavy atom. The summed E-state index contributed by atoms with van der Waals surface area (Å²) in [4.78, 5) is 12.5. The molecule has 1 N–H and O–H groups in total. The zero-order valence-corrected chi connectivity index (χ0v) is 14.5. The summed E-state index contributed by atoms with van der Waals surface area (Å²) in [5.74, 6) is 0.548. The maximum Gasteiger partial charge on any atom is 0.260 e. The van der Waals surface area contributed by atoms with Crippen molar-refractivity contribution >= 4 is 23.3 Å². The number of anilines is 1. The van der Waals surface area contributed by atoms with Gasteiger partial charge in [0.05, 0.1) is 18.7 Å². The lowest BCUT2D eigenvalue weighted by Crippen LogP contribution is -2.14. The van der Waals surface area contributed by atoms with Gasteiger partial charge >= 0.3 is 0 Å². The minimum absolute atomic E-state index is 0.309. The molecule has 3 aromatic rings. The van der Waals surface area contributed by atoms with Crippen molar-refractivity contribution in [2.75, 3.05) is 11.9 Å². The van der Waals surface area contributed by atoms with Crippen molar-refractivity contribution in [3.8, 4) is 5.75 Å².